The smallest absolute Gasteiger partial charge is 0.331 e. The molecule has 0 amide bonds. The molecule has 2 aromatic carbocycles. The zero-order chi connectivity index (χ0) is 22.6. The van der Waals surface area contributed by atoms with E-state index in [1.165, 1.54) is 17.2 Å². The zero-order valence-electron chi connectivity index (χ0n) is 18.3. The molecule has 32 heavy (non-hydrogen) atoms. The highest BCUT2D eigenvalue weighted by Gasteiger charge is 2.33. The molecule has 3 heterocycles. The summed E-state index contributed by atoms with van der Waals surface area (Å²) >= 11 is 3.56. The van der Waals surface area contributed by atoms with Gasteiger partial charge in [0.25, 0.3) is 5.56 Å². The highest BCUT2D eigenvalue weighted by atomic mass is 79.9. The van der Waals surface area contributed by atoms with Crippen molar-refractivity contribution in [1.29, 1.82) is 0 Å². The van der Waals surface area contributed by atoms with Crippen LogP contribution in [0.15, 0.2) is 62.6 Å². The molecule has 0 N–H and O–H groups in total. The van der Waals surface area contributed by atoms with Gasteiger partial charge >= 0.3 is 5.69 Å². The van der Waals surface area contributed by atoms with Gasteiger partial charge in [-0.05, 0) is 29.7 Å². The summed E-state index contributed by atoms with van der Waals surface area (Å²) in [4.78, 5) is 26.3. The van der Waals surface area contributed by atoms with Crippen LogP contribution in [-0.4, -0.2) is 20.3 Å². The highest BCUT2D eigenvalue weighted by Crippen LogP contribution is 2.41. The average molecular weight is 494 g/mol. The van der Waals surface area contributed by atoms with Crippen LogP contribution >= 0.6 is 15.9 Å². The topological polar surface area (TPSA) is 58.2 Å². The predicted octanol–water partition coefficient (Wildman–Crippen LogP) is 4.15. The molecule has 1 unspecified atom stereocenters. The van der Waals surface area contributed by atoms with Crippen molar-refractivity contribution in [2.75, 3.05) is 6.61 Å². The lowest BCUT2D eigenvalue weighted by atomic mass is 10.0. The summed E-state index contributed by atoms with van der Waals surface area (Å²) in [6, 6.07) is 16.3. The van der Waals surface area contributed by atoms with Crippen molar-refractivity contribution in [3.05, 3.63) is 90.7 Å². The van der Waals surface area contributed by atoms with Crippen LogP contribution in [-0.2, 0) is 31.8 Å². The number of benzene rings is 2. The number of halogens is 1. The van der Waals surface area contributed by atoms with Gasteiger partial charge < -0.3 is 9.30 Å². The Kier molecular flexibility index (Phi) is 5.18. The van der Waals surface area contributed by atoms with E-state index in [0.717, 1.165) is 33.4 Å². The minimum atomic E-state index is -0.365. The molecule has 0 aliphatic carbocycles. The Hall–Kier alpha value is -2.90. The van der Waals surface area contributed by atoms with Crippen LogP contribution in [0.2, 0.25) is 0 Å². The van der Waals surface area contributed by atoms with Crippen LogP contribution in [0.1, 0.15) is 29.8 Å². The molecular formula is C25H24BrN3O3. The van der Waals surface area contributed by atoms with Gasteiger partial charge in [-0.2, -0.15) is 0 Å². The second kappa shape index (κ2) is 7.90. The van der Waals surface area contributed by atoms with Gasteiger partial charge in [0, 0.05) is 30.7 Å². The lowest BCUT2D eigenvalue weighted by molar-refractivity contribution is 0.0478. The number of nitrogens with zero attached hydrogens (tertiary/aromatic N) is 3. The van der Waals surface area contributed by atoms with E-state index in [9.17, 15) is 9.59 Å². The van der Waals surface area contributed by atoms with Gasteiger partial charge in [-0.25, -0.2) is 4.79 Å². The summed E-state index contributed by atoms with van der Waals surface area (Å²) in [5.74, 6) is 0. The Bertz CT molecular complexity index is 1460. The minimum absolute atomic E-state index is 0.292. The van der Waals surface area contributed by atoms with E-state index in [-0.39, 0.29) is 17.4 Å². The second-order valence-electron chi connectivity index (χ2n) is 8.17. The van der Waals surface area contributed by atoms with Crippen LogP contribution in [0.25, 0.3) is 22.2 Å². The monoisotopic (exact) mass is 493 g/mol. The van der Waals surface area contributed by atoms with Crippen molar-refractivity contribution in [2.45, 2.75) is 26.0 Å². The predicted molar refractivity (Wildman–Crippen MR) is 129 cm³/mol. The van der Waals surface area contributed by atoms with E-state index in [0.29, 0.717) is 24.1 Å². The van der Waals surface area contributed by atoms with E-state index in [1.807, 2.05) is 24.3 Å². The summed E-state index contributed by atoms with van der Waals surface area (Å²) in [5, 5.41) is 0.545. The Labute approximate surface area is 193 Å². The molecular weight excluding hydrogens is 470 g/mol. The first-order valence-corrected chi connectivity index (χ1v) is 11.5. The molecule has 0 fully saturated rings. The lowest BCUT2D eigenvalue weighted by Gasteiger charge is -2.28. The third-order valence-corrected chi connectivity index (χ3v) is 6.83. The van der Waals surface area contributed by atoms with Gasteiger partial charge in [0.1, 0.15) is 6.10 Å². The molecule has 5 rings (SSSR count). The molecule has 1 aliphatic rings. The summed E-state index contributed by atoms with van der Waals surface area (Å²) in [7, 11) is 3.25. The van der Waals surface area contributed by atoms with Gasteiger partial charge in [-0.3, -0.25) is 13.9 Å². The van der Waals surface area contributed by atoms with Crippen LogP contribution in [0.4, 0.5) is 0 Å². The van der Waals surface area contributed by atoms with Crippen LogP contribution in [0.3, 0.4) is 0 Å². The molecule has 1 atom stereocenters. The third kappa shape index (κ3) is 3.11. The molecule has 1 aliphatic heterocycles. The first kappa shape index (κ1) is 21.0. The molecule has 0 saturated heterocycles. The highest BCUT2D eigenvalue weighted by molar-refractivity contribution is 9.10. The molecule has 4 aromatic rings. The Morgan fingerprint density at radius 3 is 2.50 bits per heavy atom. The number of aromatic nitrogens is 3. The number of ether oxygens (including phenoxy) is 1. The van der Waals surface area contributed by atoms with Gasteiger partial charge in [0.05, 0.1) is 28.9 Å². The van der Waals surface area contributed by atoms with Gasteiger partial charge in [-0.15, -0.1) is 0 Å². The molecule has 164 valence electrons. The van der Waals surface area contributed by atoms with Crippen molar-refractivity contribution in [2.24, 2.45) is 14.1 Å². The number of hydrogen-bond donors (Lipinski definition) is 0. The van der Waals surface area contributed by atoms with E-state index >= 15 is 0 Å². The van der Waals surface area contributed by atoms with E-state index in [1.54, 1.807) is 11.6 Å². The fourth-order valence-electron chi connectivity index (χ4n) is 4.70. The normalized spacial score (nSPS) is 15.8. The molecule has 0 saturated carbocycles. The number of hydrogen-bond acceptors (Lipinski definition) is 3. The van der Waals surface area contributed by atoms with E-state index in [4.69, 9.17) is 4.74 Å². The van der Waals surface area contributed by atoms with Crippen molar-refractivity contribution in [1.82, 2.24) is 13.7 Å². The third-order valence-electron chi connectivity index (χ3n) is 6.34. The number of rotatable bonds is 3. The first-order chi connectivity index (χ1) is 15.4. The Balaban J connectivity index is 1.90. The fraction of sp³-hybridized carbons (Fsp3) is 0.280. The second-order valence-corrected chi connectivity index (χ2v) is 9.09. The van der Waals surface area contributed by atoms with Gasteiger partial charge in [0.15, 0.2) is 0 Å². The summed E-state index contributed by atoms with van der Waals surface area (Å²) < 4.78 is 12.1. The number of aryl methyl sites for hydroxylation is 2. The summed E-state index contributed by atoms with van der Waals surface area (Å²) in [6.45, 7) is 3.25. The average Bonchev–Trinajstić information content (AvgIpc) is 3.17. The maximum absolute atomic E-state index is 13.4. The quantitative estimate of drug-likeness (QED) is 0.430. The van der Waals surface area contributed by atoms with Gasteiger partial charge in [0.2, 0.25) is 0 Å². The molecule has 0 bridgehead atoms. The number of fused-ring (bicyclic) bond motifs is 3. The Morgan fingerprint density at radius 1 is 1.06 bits per heavy atom. The maximum atomic E-state index is 13.4. The SMILES string of the molecule is CCc1ccc(C2OCCn3c(-c4cccc(Br)c4)c4c(=O)n(C)c(=O)n(C)c4c32)cc1. The van der Waals surface area contributed by atoms with Crippen molar-refractivity contribution in [3.8, 4) is 11.3 Å². The maximum Gasteiger partial charge on any atom is 0.331 e. The van der Waals surface area contributed by atoms with Crippen LogP contribution in [0, 0.1) is 0 Å². The van der Waals surface area contributed by atoms with Crippen molar-refractivity contribution < 1.29 is 4.74 Å². The van der Waals surface area contributed by atoms with Crippen molar-refractivity contribution >= 4 is 26.8 Å². The molecule has 0 spiro atoms. The molecule has 2 aromatic heterocycles. The van der Waals surface area contributed by atoms with Gasteiger partial charge in [-0.1, -0.05) is 59.3 Å². The standard InChI is InChI=1S/C25H24BrN3O3/c1-4-15-8-10-16(11-9-15)23-22-21-19(24(30)28(3)25(31)27(21)2)20(29(22)12-13-32-23)17-6-5-7-18(26)14-17/h5-11,14,23H,4,12-13H2,1-3H3. The minimum Gasteiger partial charge on any atom is -0.365 e. The van der Waals surface area contributed by atoms with Crippen LogP contribution < -0.4 is 11.2 Å². The van der Waals surface area contributed by atoms with Crippen molar-refractivity contribution in [3.63, 3.8) is 0 Å². The largest absolute Gasteiger partial charge is 0.365 e. The summed E-state index contributed by atoms with van der Waals surface area (Å²) in [5.41, 5.74) is 4.86. The van der Waals surface area contributed by atoms with E-state index < -0.39 is 0 Å². The van der Waals surface area contributed by atoms with Crippen LogP contribution in [0.5, 0.6) is 0 Å². The van der Waals surface area contributed by atoms with E-state index in [2.05, 4.69) is 51.7 Å². The summed E-state index contributed by atoms with van der Waals surface area (Å²) in [6.07, 6.45) is 0.596. The first-order valence-electron chi connectivity index (χ1n) is 10.7. The molecule has 0 radical (unpaired) electrons. The zero-order valence-corrected chi connectivity index (χ0v) is 19.8. The molecule has 6 nitrogen and oxygen atoms in total. The fourth-order valence-corrected chi connectivity index (χ4v) is 5.10. The Morgan fingerprint density at radius 2 is 1.81 bits per heavy atom. The lowest BCUT2D eigenvalue weighted by Crippen LogP contribution is -2.37. The molecule has 7 heteroatoms.